The Morgan fingerprint density at radius 2 is 1.31 bits per heavy atom. The lowest BCUT2D eigenvalue weighted by Crippen LogP contribution is -2.46. The fourth-order valence-electron chi connectivity index (χ4n) is 3.67. The Balaban J connectivity index is 1.35. The van der Waals surface area contributed by atoms with E-state index in [1.807, 2.05) is 12.1 Å². The first kappa shape index (κ1) is 21.7. The Labute approximate surface area is 183 Å². The van der Waals surface area contributed by atoms with E-state index in [0.29, 0.717) is 5.69 Å². The Morgan fingerprint density at radius 1 is 0.781 bits per heavy atom. The molecule has 1 N–H and O–H groups in total. The topological polar surface area (TPSA) is 35.6 Å². The predicted octanol–water partition coefficient (Wildman–Crippen LogP) is 5.42. The molecule has 0 unspecified atom stereocenters. The van der Waals surface area contributed by atoms with Crippen LogP contribution >= 0.6 is 0 Å². The molecule has 0 bridgehead atoms. The number of piperazine rings is 1. The minimum Gasteiger partial charge on any atom is -0.368 e. The largest absolute Gasteiger partial charge is 0.416 e. The molecule has 0 atom stereocenters. The summed E-state index contributed by atoms with van der Waals surface area (Å²) in [6.45, 7) is 3.15. The molecule has 8 heteroatoms. The highest BCUT2D eigenvalue weighted by Gasteiger charge is 2.30. The lowest BCUT2D eigenvalue weighted by Gasteiger charge is -2.37. The van der Waals surface area contributed by atoms with E-state index >= 15 is 0 Å². The van der Waals surface area contributed by atoms with Crippen LogP contribution in [0.3, 0.4) is 0 Å². The van der Waals surface area contributed by atoms with E-state index in [2.05, 4.69) is 15.1 Å². The molecular weight excluding hydrogens is 422 g/mol. The van der Waals surface area contributed by atoms with Gasteiger partial charge in [-0.2, -0.15) is 13.2 Å². The number of nitrogens with one attached hydrogen (secondary N) is 1. The van der Waals surface area contributed by atoms with Crippen molar-refractivity contribution in [2.75, 3.05) is 41.3 Å². The number of carbonyl (C=O) groups is 1. The van der Waals surface area contributed by atoms with Crippen LogP contribution < -0.4 is 15.1 Å². The maximum Gasteiger partial charge on any atom is 0.416 e. The van der Waals surface area contributed by atoms with Crippen LogP contribution in [0.25, 0.3) is 0 Å². The summed E-state index contributed by atoms with van der Waals surface area (Å²) in [5.41, 5.74) is 1.56. The van der Waals surface area contributed by atoms with Gasteiger partial charge in [0.05, 0.1) is 5.56 Å². The van der Waals surface area contributed by atoms with Crippen LogP contribution in [0, 0.1) is 5.82 Å². The van der Waals surface area contributed by atoms with E-state index < -0.39 is 17.6 Å². The molecule has 1 saturated heterocycles. The summed E-state index contributed by atoms with van der Waals surface area (Å²) in [5.74, 6) is -0.857. The second-order valence-corrected chi connectivity index (χ2v) is 7.53. The van der Waals surface area contributed by atoms with Crippen molar-refractivity contribution in [2.24, 2.45) is 0 Å². The van der Waals surface area contributed by atoms with Crippen molar-refractivity contribution in [3.63, 3.8) is 0 Å². The number of amides is 1. The zero-order valence-electron chi connectivity index (χ0n) is 17.1. The fourth-order valence-corrected chi connectivity index (χ4v) is 3.67. The molecule has 3 aromatic carbocycles. The second-order valence-electron chi connectivity index (χ2n) is 7.53. The Kier molecular flexibility index (Phi) is 6.03. The van der Waals surface area contributed by atoms with E-state index in [4.69, 9.17) is 0 Å². The number of alkyl halides is 3. The van der Waals surface area contributed by atoms with Crippen molar-refractivity contribution >= 4 is 23.0 Å². The molecular formula is C24H21F4N3O. The smallest absolute Gasteiger partial charge is 0.368 e. The van der Waals surface area contributed by atoms with Gasteiger partial charge in [-0.1, -0.05) is 6.07 Å². The van der Waals surface area contributed by atoms with Crippen molar-refractivity contribution < 1.29 is 22.4 Å². The van der Waals surface area contributed by atoms with Gasteiger partial charge in [-0.15, -0.1) is 0 Å². The molecule has 0 aliphatic carbocycles. The molecule has 0 aromatic heterocycles. The third kappa shape index (κ3) is 5.01. The van der Waals surface area contributed by atoms with Gasteiger partial charge >= 0.3 is 6.18 Å². The van der Waals surface area contributed by atoms with Crippen molar-refractivity contribution in [3.05, 3.63) is 89.7 Å². The summed E-state index contributed by atoms with van der Waals surface area (Å²) >= 11 is 0. The third-order valence-electron chi connectivity index (χ3n) is 5.41. The van der Waals surface area contributed by atoms with Crippen LogP contribution in [0.5, 0.6) is 0 Å². The van der Waals surface area contributed by atoms with Crippen LogP contribution in [0.15, 0.2) is 72.8 Å². The van der Waals surface area contributed by atoms with Crippen LogP contribution in [-0.2, 0) is 6.18 Å². The fraction of sp³-hybridized carbons (Fsp3) is 0.208. The quantitative estimate of drug-likeness (QED) is 0.547. The lowest BCUT2D eigenvalue weighted by molar-refractivity contribution is -0.137. The summed E-state index contributed by atoms with van der Waals surface area (Å²) in [6, 6.07) is 18.0. The first-order chi connectivity index (χ1) is 15.3. The van der Waals surface area contributed by atoms with Gasteiger partial charge in [0, 0.05) is 48.8 Å². The molecule has 32 heavy (non-hydrogen) atoms. The maximum absolute atomic E-state index is 13.1. The first-order valence-electron chi connectivity index (χ1n) is 10.1. The number of rotatable bonds is 4. The summed E-state index contributed by atoms with van der Waals surface area (Å²) in [7, 11) is 0. The van der Waals surface area contributed by atoms with E-state index in [9.17, 15) is 22.4 Å². The minimum absolute atomic E-state index is 0.0548. The molecule has 1 heterocycles. The molecule has 0 radical (unpaired) electrons. The molecule has 1 aliphatic rings. The highest BCUT2D eigenvalue weighted by Crippen LogP contribution is 2.30. The van der Waals surface area contributed by atoms with E-state index in [1.54, 1.807) is 24.3 Å². The lowest BCUT2D eigenvalue weighted by atomic mass is 10.1. The van der Waals surface area contributed by atoms with E-state index in [-0.39, 0.29) is 11.4 Å². The Bertz CT molecular complexity index is 1070. The van der Waals surface area contributed by atoms with Gasteiger partial charge in [0.1, 0.15) is 5.82 Å². The zero-order chi connectivity index (χ0) is 22.7. The van der Waals surface area contributed by atoms with Crippen LogP contribution in [0.4, 0.5) is 34.6 Å². The monoisotopic (exact) mass is 443 g/mol. The predicted molar refractivity (Wildman–Crippen MR) is 117 cm³/mol. The zero-order valence-corrected chi connectivity index (χ0v) is 17.1. The standard InChI is InChI=1S/C24H21F4N3O/c25-19-4-8-21(9-5-19)30-12-14-31(15-13-30)22-10-6-20(7-11-22)29-23(32)17-2-1-3-18(16-17)24(26,27)28/h1-11,16H,12-15H2,(H,29,32). The molecule has 1 fully saturated rings. The van der Waals surface area contributed by atoms with Crippen molar-refractivity contribution in [3.8, 4) is 0 Å². The number of carbonyl (C=O) groups excluding carboxylic acids is 1. The minimum atomic E-state index is -4.50. The van der Waals surface area contributed by atoms with Crippen molar-refractivity contribution in [2.45, 2.75) is 6.18 Å². The summed E-state index contributed by atoms with van der Waals surface area (Å²) in [6.07, 6.45) is -4.50. The molecule has 166 valence electrons. The Hall–Kier alpha value is -3.55. The highest BCUT2D eigenvalue weighted by atomic mass is 19.4. The summed E-state index contributed by atoms with van der Waals surface area (Å²) in [5, 5.41) is 2.64. The van der Waals surface area contributed by atoms with Gasteiger partial charge in [0.15, 0.2) is 0 Å². The maximum atomic E-state index is 13.1. The highest BCUT2D eigenvalue weighted by molar-refractivity contribution is 6.04. The molecule has 4 rings (SSSR count). The van der Waals surface area contributed by atoms with Gasteiger partial charge < -0.3 is 15.1 Å². The number of nitrogens with zero attached hydrogens (tertiary/aromatic N) is 2. The molecule has 0 spiro atoms. The molecule has 4 nitrogen and oxygen atoms in total. The second kappa shape index (κ2) is 8.90. The van der Waals surface area contributed by atoms with E-state index in [0.717, 1.165) is 49.7 Å². The van der Waals surface area contributed by atoms with Crippen molar-refractivity contribution in [1.29, 1.82) is 0 Å². The number of halogens is 4. The third-order valence-corrected chi connectivity index (χ3v) is 5.41. The number of anilines is 3. The van der Waals surface area contributed by atoms with Crippen LogP contribution in [0.1, 0.15) is 15.9 Å². The molecule has 0 saturated carbocycles. The Morgan fingerprint density at radius 3 is 1.84 bits per heavy atom. The number of hydrogen-bond donors (Lipinski definition) is 1. The normalized spacial score (nSPS) is 14.4. The summed E-state index contributed by atoms with van der Waals surface area (Å²) < 4.78 is 51.7. The molecule has 3 aromatic rings. The van der Waals surface area contributed by atoms with Gasteiger partial charge in [-0.05, 0) is 66.7 Å². The molecule has 1 amide bonds. The average molecular weight is 443 g/mol. The van der Waals surface area contributed by atoms with Gasteiger partial charge in [-0.3, -0.25) is 4.79 Å². The average Bonchev–Trinajstić information content (AvgIpc) is 2.80. The van der Waals surface area contributed by atoms with Crippen molar-refractivity contribution in [1.82, 2.24) is 0 Å². The van der Waals surface area contributed by atoms with Gasteiger partial charge in [0.2, 0.25) is 0 Å². The molecule has 1 aliphatic heterocycles. The van der Waals surface area contributed by atoms with Gasteiger partial charge in [-0.25, -0.2) is 4.39 Å². The summed E-state index contributed by atoms with van der Waals surface area (Å²) in [4.78, 5) is 16.8. The number of benzene rings is 3. The SMILES string of the molecule is O=C(Nc1ccc(N2CCN(c3ccc(F)cc3)CC2)cc1)c1cccc(C(F)(F)F)c1. The van der Waals surface area contributed by atoms with Gasteiger partial charge in [0.25, 0.3) is 5.91 Å². The first-order valence-corrected chi connectivity index (χ1v) is 10.1. The van der Waals surface area contributed by atoms with E-state index in [1.165, 1.54) is 24.3 Å². The van der Waals surface area contributed by atoms with Crippen LogP contribution in [-0.4, -0.2) is 32.1 Å². The number of hydrogen-bond acceptors (Lipinski definition) is 3. The van der Waals surface area contributed by atoms with Crippen LogP contribution in [0.2, 0.25) is 0 Å².